The van der Waals surface area contributed by atoms with Crippen molar-refractivity contribution in [2.75, 3.05) is 12.3 Å². The number of carbonyl (C=O) groups is 2. The Hall–Kier alpha value is -2.34. The standard InChI is InChI=1S/C19H19BrN2O3/c20-13-8-9-16(21)15(10-13)19(24)25-11-18(23)22-17-7-3-5-12-4-1-2-6-14(12)17/h1-2,4,6,8-10,17H,3,5,7,11,21H2,(H,22,23)/t17-/m0/s1. The molecule has 0 fully saturated rings. The smallest absolute Gasteiger partial charge is 0.340 e. The third-order valence-electron chi connectivity index (χ3n) is 4.27. The van der Waals surface area contributed by atoms with E-state index in [1.807, 2.05) is 18.2 Å². The number of carbonyl (C=O) groups excluding carboxylic acids is 2. The lowest BCUT2D eigenvalue weighted by Gasteiger charge is -2.26. The molecule has 2 aromatic rings. The van der Waals surface area contributed by atoms with Crippen molar-refractivity contribution in [3.8, 4) is 0 Å². The predicted molar refractivity (Wildman–Crippen MR) is 99.1 cm³/mol. The third kappa shape index (κ3) is 4.20. The highest BCUT2D eigenvalue weighted by molar-refractivity contribution is 9.10. The number of nitrogen functional groups attached to an aromatic ring is 1. The molecular formula is C19H19BrN2O3. The molecule has 2 aromatic carbocycles. The molecule has 5 nitrogen and oxygen atoms in total. The summed E-state index contributed by atoms with van der Waals surface area (Å²) in [7, 11) is 0. The van der Waals surface area contributed by atoms with Gasteiger partial charge in [-0.25, -0.2) is 4.79 Å². The first-order valence-electron chi connectivity index (χ1n) is 8.14. The molecule has 0 unspecified atom stereocenters. The van der Waals surface area contributed by atoms with Gasteiger partial charge in [-0.1, -0.05) is 40.2 Å². The molecule has 25 heavy (non-hydrogen) atoms. The summed E-state index contributed by atoms with van der Waals surface area (Å²) >= 11 is 3.28. The molecule has 1 aliphatic carbocycles. The van der Waals surface area contributed by atoms with Gasteiger partial charge in [0.15, 0.2) is 6.61 Å². The van der Waals surface area contributed by atoms with Crippen molar-refractivity contribution in [3.63, 3.8) is 0 Å². The van der Waals surface area contributed by atoms with Gasteiger partial charge in [0.05, 0.1) is 11.6 Å². The van der Waals surface area contributed by atoms with Crippen LogP contribution in [-0.4, -0.2) is 18.5 Å². The zero-order valence-electron chi connectivity index (χ0n) is 13.6. The molecule has 0 bridgehead atoms. The van der Waals surface area contributed by atoms with Crippen LogP contribution in [0.15, 0.2) is 46.9 Å². The number of anilines is 1. The maximum absolute atomic E-state index is 12.2. The Labute approximate surface area is 154 Å². The van der Waals surface area contributed by atoms with E-state index in [2.05, 4.69) is 27.3 Å². The van der Waals surface area contributed by atoms with E-state index >= 15 is 0 Å². The van der Waals surface area contributed by atoms with Crippen LogP contribution in [0.3, 0.4) is 0 Å². The highest BCUT2D eigenvalue weighted by atomic mass is 79.9. The normalized spacial score (nSPS) is 16.0. The van der Waals surface area contributed by atoms with Crippen molar-refractivity contribution in [2.24, 2.45) is 0 Å². The molecule has 1 amide bonds. The van der Waals surface area contributed by atoms with Gasteiger partial charge in [-0.2, -0.15) is 0 Å². The van der Waals surface area contributed by atoms with Crippen molar-refractivity contribution in [3.05, 3.63) is 63.6 Å². The van der Waals surface area contributed by atoms with Gasteiger partial charge < -0.3 is 15.8 Å². The Kier molecular flexibility index (Phi) is 5.38. The topological polar surface area (TPSA) is 81.4 Å². The van der Waals surface area contributed by atoms with Crippen molar-refractivity contribution in [2.45, 2.75) is 25.3 Å². The summed E-state index contributed by atoms with van der Waals surface area (Å²) in [6.07, 6.45) is 2.94. The summed E-state index contributed by atoms with van der Waals surface area (Å²) in [6, 6.07) is 13.0. The maximum atomic E-state index is 12.2. The number of halogens is 1. The fourth-order valence-corrected chi connectivity index (χ4v) is 3.42. The maximum Gasteiger partial charge on any atom is 0.340 e. The average molecular weight is 403 g/mol. The zero-order chi connectivity index (χ0) is 17.8. The van der Waals surface area contributed by atoms with Crippen LogP contribution in [-0.2, 0) is 16.0 Å². The number of amides is 1. The molecule has 1 atom stereocenters. The van der Waals surface area contributed by atoms with E-state index in [1.54, 1.807) is 18.2 Å². The highest BCUT2D eigenvalue weighted by Crippen LogP contribution is 2.29. The molecule has 0 radical (unpaired) electrons. The minimum Gasteiger partial charge on any atom is -0.452 e. The van der Waals surface area contributed by atoms with Crippen LogP contribution in [0, 0.1) is 0 Å². The summed E-state index contributed by atoms with van der Waals surface area (Å²) in [5, 5.41) is 2.95. The number of nitrogens with two attached hydrogens (primary N) is 1. The number of fused-ring (bicyclic) bond motifs is 1. The monoisotopic (exact) mass is 402 g/mol. The van der Waals surface area contributed by atoms with E-state index in [1.165, 1.54) is 5.56 Å². The van der Waals surface area contributed by atoms with Gasteiger partial charge in [0.25, 0.3) is 5.91 Å². The Morgan fingerprint density at radius 1 is 1.24 bits per heavy atom. The average Bonchev–Trinajstić information content (AvgIpc) is 2.62. The Morgan fingerprint density at radius 2 is 2.04 bits per heavy atom. The molecule has 0 aliphatic heterocycles. The number of rotatable bonds is 4. The molecular weight excluding hydrogens is 384 g/mol. The van der Waals surface area contributed by atoms with Gasteiger partial charge in [0.2, 0.25) is 0 Å². The first kappa shape index (κ1) is 17.5. The lowest BCUT2D eigenvalue weighted by Crippen LogP contribution is -2.34. The van der Waals surface area contributed by atoms with Gasteiger partial charge in [0.1, 0.15) is 0 Å². The molecule has 130 valence electrons. The Morgan fingerprint density at radius 3 is 2.88 bits per heavy atom. The SMILES string of the molecule is Nc1ccc(Br)cc1C(=O)OCC(=O)N[C@H]1CCCc2ccccc21. The number of aryl methyl sites for hydroxylation is 1. The van der Waals surface area contributed by atoms with E-state index in [9.17, 15) is 9.59 Å². The van der Waals surface area contributed by atoms with E-state index in [-0.39, 0.29) is 24.1 Å². The lowest BCUT2D eigenvalue weighted by molar-refractivity contribution is -0.125. The number of ether oxygens (including phenoxy) is 1. The third-order valence-corrected chi connectivity index (χ3v) is 4.77. The molecule has 0 heterocycles. The van der Waals surface area contributed by atoms with E-state index in [0.717, 1.165) is 29.3 Å². The van der Waals surface area contributed by atoms with Crippen molar-refractivity contribution in [1.82, 2.24) is 5.32 Å². The molecule has 0 saturated carbocycles. The minimum absolute atomic E-state index is 0.0351. The van der Waals surface area contributed by atoms with Crippen LogP contribution >= 0.6 is 15.9 Å². The molecule has 0 spiro atoms. The summed E-state index contributed by atoms with van der Waals surface area (Å²) in [6.45, 7) is -0.330. The summed E-state index contributed by atoms with van der Waals surface area (Å²) < 4.78 is 5.82. The van der Waals surface area contributed by atoms with E-state index < -0.39 is 5.97 Å². The lowest BCUT2D eigenvalue weighted by atomic mass is 9.88. The van der Waals surface area contributed by atoms with Crippen molar-refractivity contribution >= 4 is 33.5 Å². The minimum atomic E-state index is -0.613. The van der Waals surface area contributed by atoms with Crippen molar-refractivity contribution < 1.29 is 14.3 Å². The molecule has 3 rings (SSSR count). The van der Waals surface area contributed by atoms with Crippen LogP contribution in [0.5, 0.6) is 0 Å². The second kappa shape index (κ2) is 7.70. The van der Waals surface area contributed by atoms with E-state index in [0.29, 0.717) is 5.69 Å². The van der Waals surface area contributed by atoms with Crippen LogP contribution in [0.2, 0.25) is 0 Å². The van der Waals surface area contributed by atoms with Gasteiger partial charge in [-0.3, -0.25) is 4.79 Å². The number of nitrogens with one attached hydrogen (secondary N) is 1. The number of esters is 1. The number of hydrogen-bond donors (Lipinski definition) is 2. The van der Waals surface area contributed by atoms with Crippen LogP contribution in [0.25, 0.3) is 0 Å². The summed E-state index contributed by atoms with van der Waals surface area (Å²) in [5.41, 5.74) is 8.74. The van der Waals surface area contributed by atoms with Gasteiger partial charge in [0, 0.05) is 10.2 Å². The Bertz CT molecular complexity index is 807. The van der Waals surface area contributed by atoms with Crippen molar-refractivity contribution in [1.29, 1.82) is 0 Å². The molecule has 6 heteroatoms. The summed E-state index contributed by atoms with van der Waals surface area (Å²) in [4.78, 5) is 24.3. The van der Waals surface area contributed by atoms with Crippen LogP contribution in [0.1, 0.15) is 40.4 Å². The molecule has 3 N–H and O–H groups in total. The van der Waals surface area contributed by atoms with E-state index in [4.69, 9.17) is 10.5 Å². The molecule has 0 aromatic heterocycles. The quantitative estimate of drug-likeness (QED) is 0.606. The van der Waals surface area contributed by atoms with Gasteiger partial charge in [-0.05, 0) is 48.6 Å². The van der Waals surface area contributed by atoms with Crippen LogP contribution in [0.4, 0.5) is 5.69 Å². The first-order chi connectivity index (χ1) is 12.0. The zero-order valence-corrected chi connectivity index (χ0v) is 15.2. The number of benzene rings is 2. The second-order valence-electron chi connectivity index (χ2n) is 6.02. The highest BCUT2D eigenvalue weighted by Gasteiger charge is 2.22. The molecule has 1 aliphatic rings. The predicted octanol–water partition coefficient (Wildman–Crippen LogP) is 3.38. The van der Waals surface area contributed by atoms with Gasteiger partial charge in [-0.15, -0.1) is 0 Å². The largest absolute Gasteiger partial charge is 0.452 e. The first-order valence-corrected chi connectivity index (χ1v) is 8.93. The van der Waals surface area contributed by atoms with Gasteiger partial charge >= 0.3 is 5.97 Å². The molecule has 0 saturated heterocycles. The fraction of sp³-hybridized carbons (Fsp3) is 0.263. The van der Waals surface area contributed by atoms with Crippen LogP contribution < -0.4 is 11.1 Å². The Balaban J connectivity index is 1.59. The fourth-order valence-electron chi connectivity index (χ4n) is 3.05. The number of hydrogen-bond acceptors (Lipinski definition) is 4. The second-order valence-corrected chi connectivity index (χ2v) is 6.93. The summed E-state index contributed by atoms with van der Waals surface area (Å²) in [5.74, 6) is -0.929.